The summed E-state index contributed by atoms with van der Waals surface area (Å²) in [7, 11) is 0. The standard InChI is InChI=1S/C28H23N5O2S/c1-16-9-8-10-17(2)25(16)33-26(35)20-12-5-7-14-22(20)32-27(33)30-31-28(32)36-15-23(34)24-18(3)29-21-13-6-4-11-19(21)24/h4-14,29H,15H2,1-3H3. The second kappa shape index (κ2) is 8.49. The molecule has 6 aromatic rings. The number of benzene rings is 3. The number of nitrogens with zero attached hydrogens (tertiary/aromatic N) is 4. The Labute approximate surface area is 210 Å². The third-order valence-electron chi connectivity index (χ3n) is 6.56. The Bertz CT molecular complexity index is 1860. The molecule has 0 aliphatic heterocycles. The van der Waals surface area contributed by atoms with Crippen LogP contribution in [0.15, 0.2) is 76.7 Å². The van der Waals surface area contributed by atoms with Crippen LogP contribution in [0, 0.1) is 20.8 Å². The molecule has 178 valence electrons. The van der Waals surface area contributed by atoms with Crippen LogP contribution in [0.4, 0.5) is 0 Å². The van der Waals surface area contributed by atoms with Gasteiger partial charge in [-0.2, -0.15) is 0 Å². The Hall–Kier alpha value is -4.17. The van der Waals surface area contributed by atoms with Crippen molar-refractivity contribution in [2.75, 3.05) is 5.75 Å². The number of fused-ring (bicyclic) bond motifs is 4. The lowest BCUT2D eigenvalue weighted by Gasteiger charge is -2.15. The van der Waals surface area contributed by atoms with Crippen molar-refractivity contribution >= 4 is 45.1 Å². The molecule has 3 heterocycles. The topological polar surface area (TPSA) is 85.0 Å². The molecule has 0 aliphatic carbocycles. The van der Waals surface area contributed by atoms with Crippen LogP contribution in [-0.4, -0.2) is 35.7 Å². The highest BCUT2D eigenvalue weighted by Gasteiger charge is 2.22. The highest BCUT2D eigenvalue weighted by molar-refractivity contribution is 7.99. The fraction of sp³-hybridized carbons (Fsp3) is 0.143. The number of thioether (sulfide) groups is 1. The van der Waals surface area contributed by atoms with Gasteiger partial charge in [-0.1, -0.05) is 60.3 Å². The number of aryl methyl sites for hydroxylation is 3. The number of ketones is 1. The average Bonchev–Trinajstić information content (AvgIpc) is 3.44. The Morgan fingerprint density at radius 3 is 2.36 bits per heavy atom. The molecule has 0 unspecified atom stereocenters. The van der Waals surface area contributed by atoms with Gasteiger partial charge in [-0.25, -0.2) is 4.57 Å². The van der Waals surface area contributed by atoms with Gasteiger partial charge in [0, 0.05) is 22.2 Å². The van der Waals surface area contributed by atoms with Crippen molar-refractivity contribution in [3.8, 4) is 5.69 Å². The van der Waals surface area contributed by atoms with E-state index in [2.05, 4.69) is 15.2 Å². The first-order valence-electron chi connectivity index (χ1n) is 11.6. The lowest BCUT2D eigenvalue weighted by Crippen LogP contribution is -2.23. The Morgan fingerprint density at radius 1 is 0.889 bits per heavy atom. The van der Waals surface area contributed by atoms with Crippen LogP contribution in [0.2, 0.25) is 0 Å². The van der Waals surface area contributed by atoms with Crippen molar-refractivity contribution in [1.82, 2.24) is 24.1 Å². The first-order chi connectivity index (χ1) is 17.5. The Balaban J connectivity index is 1.49. The SMILES string of the molecule is Cc1cccc(C)c1-n1c(=O)c2ccccc2n2c(SCC(=O)c3c(C)[nH]c4ccccc34)nnc12. The van der Waals surface area contributed by atoms with Crippen molar-refractivity contribution in [2.24, 2.45) is 0 Å². The van der Waals surface area contributed by atoms with Crippen molar-refractivity contribution in [3.05, 3.63) is 99.5 Å². The van der Waals surface area contributed by atoms with Crippen molar-refractivity contribution in [3.63, 3.8) is 0 Å². The first-order valence-corrected chi connectivity index (χ1v) is 12.6. The molecule has 0 saturated carbocycles. The fourth-order valence-corrected chi connectivity index (χ4v) is 5.78. The van der Waals surface area contributed by atoms with Gasteiger partial charge in [-0.3, -0.25) is 14.0 Å². The molecule has 36 heavy (non-hydrogen) atoms. The number of aromatic nitrogens is 5. The van der Waals surface area contributed by atoms with E-state index in [0.717, 1.165) is 33.4 Å². The first kappa shape index (κ1) is 22.3. The molecular weight excluding hydrogens is 470 g/mol. The van der Waals surface area contributed by atoms with Gasteiger partial charge in [-0.15, -0.1) is 10.2 Å². The maximum absolute atomic E-state index is 13.7. The maximum atomic E-state index is 13.7. The van der Waals surface area contributed by atoms with Gasteiger partial charge in [0.05, 0.1) is 22.3 Å². The van der Waals surface area contributed by atoms with Crippen molar-refractivity contribution < 1.29 is 4.79 Å². The summed E-state index contributed by atoms with van der Waals surface area (Å²) in [6, 6.07) is 21.2. The molecule has 0 radical (unpaired) electrons. The number of nitrogens with one attached hydrogen (secondary N) is 1. The van der Waals surface area contributed by atoms with E-state index >= 15 is 0 Å². The van der Waals surface area contributed by atoms with Gasteiger partial charge in [0.2, 0.25) is 5.78 Å². The molecule has 0 saturated heterocycles. The van der Waals surface area contributed by atoms with E-state index in [-0.39, 0.29) is 17.1 Å². The van der Waals surface area contributed by atoms with Crippen LogP contribution in [0.3, 0.4) is 0 Å². The number of aromatic amines is 1. The van der Waals surface area contributed by atoms with Crippen LogP contribution in [0.25, 0.3) is 33.3 Å². The summed E-state index contributed by atoms with van der Waals surface area (Å²) < 4.78 is 3.51. The summed E-state index contributed by atoms with van der Waals surface area (Å²) in [6.45, 7) is 5.88. The minimum Gasteiger partial charge on any atom is -0.358 e. The van der Waals surface area contributed by atoms with E-state index in [1.54, 1.807) is 4.57 Å². The number of para-hydroxylation sites is 3. The van der Waals surface area contributed by atoms with Gasteiger partial charge in [0.1, 0.15) is 0 Å². The average molecular weight is 494 g/mol. The fourth-order valence-electron chi connectivity index (χ4n) is 4.97. The minimum atomic E-state index is -0.148. The second-order valence-electron chi connectivity index (χ2n) is 8.90. The van der Waals surface area contributed by atoms with Gasteiger partial charge >= 0.3 is 0 Å². The van der Waals surface area contributed by atoms with E-state index in [1.165, 1.54) is 11.8 Å². The number of hydrogen-bond acceptors (Lipinski definition) is 5. The highest BCUT2D eigenvalue weighted by atomic mass is 32.2. The van der Waals surface area contributed by atoms with Crippen LogP contribution in [0.5, 0.6) is 0 Å². The number of rotatable bonds is 5. The smallest absolute Gasteiger partial charge is 0.267 e. The Morgan fingerprint density at radius 2 is 1.58 bits per heavy atom. The van der Waals surface area contributed by atoms with E-state index in [4.69, 9.17) is 0 Å². The summed E-state index contributed by atoms with van der Waals surface area (Å²) in [6.07, 6.45) is 0. The predicted molar refractivity (Wildman–Crippen MR) is 144 cm³/mol. The van der Waals surface area contributed by atoms with Crippen LogP contribution >= 0.6 is 11.8 Å². The molecule has 3 aromatic carbocycles. The van der Waals surface area contributed by atoms with Crippen molar-refractivity contribution in [2.45, 2.75) is 25.9 Å². The van der Waals surface area contributed by atoms with E-state index in [9.17, 15) is 9.59 Å². The molecule has 0 fully saturated rings. The summed E-state index contributed by atoms with van der Waals surface area (Å²) in [5, 5.41) is 10.9. The zero-order chi connectivity index (χ0) is 25.0. The van der Waals surface area contributed by atoms with Crippen LogP contribution in [0.1, 0.15) is 27.2 Å². The van der Waals surface area contributed by atoms with E-state index in [0.29, 0.717) is 27.4 Å². The maximum Gasteiger partial charge on any atom is 0.267 e. The largest absolute Gasteiger partial charge is 0.358 e. The summed E-state index contributed by atoms with van der Waals surface area (Å²) in [5.41, 5.74) is 5.79. The predicted octanol–water partition coefficient (Wildman–Crippen LogP) is 5.41. The summed E-state index contributed by atoms with van der Waals surface area (Å²) in [4.78, 5) is 30.3. The van der Waals surface area contributed by atoms with Crippen LogP contribution < -0.4 is 5.56 Å². The van der Waals surface area contributed by atoms with E-state index < -0.39 is 0 Å². The Kier molecular flexibility index (Phi) is 5.26. The van der Waals surface area contributed by atoms with E-state index in [1.807, 2.05) is 91.9 Å². The van der Waals surface area contributed by atoms with Crippen LogP contribution in [-0.2, 0) is 0 Å². The van der Waals surface area contributed by atoms with Crippen molar-refractivity contribution in [1.29, 1.82) is 0 Å². The monoisotopic (exact) mass is 493 g/mol. The molecule has 8 heteroatoms. The molecule has 7 nitrogen and oxygen atoms in total. The molecule has 0 atom stereocenters. The number of carbonyl (C=O) groups excluding carboxylic acids is 1. The minimum absolute atomic E-state index is 0.0130. The lowest BCUT2D eigenvalue weighted by atomic mass is 10.1. The third-order valence-corrected chi connectivity index (χ3v) is 7.49. The molecular formula is C28H23N5O2S. The molecule has 6 rings (SSSR count). The molecule has 0 bridgehead atoms. The second-order valence-corrected chi connectivity index (χ2v) is 9.84. The number of Topliss-reactive ketones (excluding diaryl/α,β-unsaturated/α-hetero) is 1. The number of carbonyl (C=O) groups is 1. The lowest BCUT2D eigenvalue weighted by molar-refractivity contribution is 0.102. The van der Waals surface area contributed by atoms with Gasteiger partial charge in [-0.05, 0) is 50.1 Å². The molecule has 1 N–H and O–H groups in total. The normalized spacial score (nSPS) is 11.6. The van der Waals surface area contributed by atoms with Gasteiger partial charge in [0.25, 0.3) is 5.56 Å². The third kappa shape index (κ3) is 3.37. The zero-order valence-electron chi connectivity index (χ0n) is 20.1. The number of H-pyrrole nitrogens is 1. The van der Waals surface area contributed by atoms with Gasteiger partial charge < -0.3 is 4.98 Å². The summed E-state index contributed by atoms with van der Waals surface area (Å²) >= 11 is 1.32. The molecule has 3 aromatic heterocycles. The summed E-state index contributed by atoms with van der Waals surface area (Å²) in [5.74, 6) is 0.633. The molecule has 0 aliphatic rings. The zero-order valence-corrected chi connectivity index (χ0v) is 20.9. The molecule has 0 spiro atoms. The highest BCUT2D eigenvalue weighted by Crippen LogP contribution is 2.28. The quantitative estimate of drug-likeness (QED) is 0.256. The molecule has 0 amide bonds. The number of hydrogen-bond donors (Lipinski definition) is 1. The van der Waals surface area contributed by atoms with Gasteiger partial charge in [0.15, 0.2) is 10.9 Å².